The smallest absolute Gasteiger partial charge is 0.0930 e. The second-order valence-electron chi connectivity index (χ2n) is 4.16. The fourth-order valence-electron chi connectivity index (χ4n) is 2.23. The van der Waals surface area contributed by atoms with Gasteiger partial charge in [0.05, 0.1) is 12.2 Å². The minimum Gasteiger partial charge on any atom is -0.387 e. The minimum atomic E-state index is -0.576. The number of hydrogen-bond donors (Lipinski definition) is 1. The van der Waals surface area contributed by atoms with Gasteiger partial charge in [0, 0.05) is 7.11 Å². The standard InChI is InChI=1S/C10H20O2/c1-8-5-4-6-9(2)10(8,11)7-12-3/h8-9,11H,4-7H2,1-3H3/t8-,9+,10?. The third-order valence-corrected chi connectivity index (χ3v) is 3.36. The van der Waals surface area contributed by atoms with Gasteiger partial charge in [-0.25, -0.2) is 0 Å². The average Bonchev–Trinajstić information content (AvgIpc) is 2.02. The average molecular weight is 172 g/mol. The number of methoxy groups -OCH3 is 1. The van der Waals surface area contributed by atoms with Gasteiger partial charge < -0.3 is 9.84 Å². The Balaban J connectivity index is 2.66. The monoisotopic (exact) mass is 172 g/mol. The molecule has 1 saturated carbocycles. The molecule has 1 fully saturated rings. The largest absolute Gasteiger partial charge is 0.387 e. The molecule has 1 aliphatic rings. The molecule has 0 radical (unpaired) electrons. The molecule has 1 unspecified atom stereocenters. The first-order valence-electron chi connectivity index (χ1n) is 4.82. The van der Waals surface area contributed by atoms with E-state index in [0.29, 0.717) is 18.4 Å². The lowest BCUT2D eigenvalue weighted by atomic mass is 9.70. The number of ether oxygens (including phenoxy) is 1. The first-order valence-corrected chi connectivity index (χ1v) is 4.82. The third-order valence-electron chi connectivity index (χ3n) is 3.36. The number of rotatable bonds is 2. The molecule has 1 rings (SSSR count). The Bertz CT molecular complexity index is 135. The second-order valence-corrected chi connectivity index (χ2v) is 4.16. The zero-order valence-corrected chi connectivity index (χ0v) is 8.34. The van der Waals surface area contributed by atoms with Crippen molar-refractivity contribution in [2.75, 3.05) is 13.7 Å². The fraction of sp³-hybridized carbons (Fsp3) is 1.00. The van der Waals surface area contributed by atoms with Crippen LogP contribution in [0, 0.1) is 11.8 Å². The van der Waals surface area contributed by atoms with Crippen LogP contribution < -0.4 is 0 Å². The maximum atomic E-state index is 10.3. The summed E-state index contributed by atoms with van der Waals surface area (Å²) in [5, 5.41) is 10.3. The number of hydrogen-bond acceptors (Lipinski definition) is 2. The molecular weight excluding hydrogens is 152 g/mol. The molecule has 12 heavy (non-hydrogen) atoms. The molecule has 0 bridgehead atoms. The van der Waals surface area contributed by atoms with Gasteiger partial charge in [-0.05, 0) is 24.7 Å². The van der Waals surface area contributed by atoms with Crippen LogP contribution in [0.2, 0.25) is 0 Å². The van der Waals surface area contributed by atoms with Crippen LogP contribution >= 0.6 is 0 Å². The quantitative estimate of drug-likeness (QED) is 0.688. The second kappa shape index (κ2) is 3.75. The highest BCUT2D eigenvalue weighted by Crippen LogP contribution is 2.37. The molecule has 0 aromatic rings. The van der Waals surface area contributed by atoms with Gasteiger partial charge in [-0.1, -0.05) is 20.3 Å². The van der Waals surface area contributed by atoms with Gasteiger partial charge in [-0.3, -0.25) is 0 Å². The Morgan fingerprint density at radius 1 is 1.33 bits per heavy atom. The van der Waals surface area contributed by atoms with Crippen molar-refractivity contribution in [3.05, 3.63) is 0 Å². The lowest BCUT2D eigenvalue weighted by molar-refractivity contribution is -0.123. The Hall–Kier alpha value is -0.0800. The molecule has 0 saturated heterocycles. The third kappa shape index (κ3) is 1.64. The van der Waals surface area contributed by atoms with E-state index < -0.39 is 5.60 Å². The highest BCUT2D eigenvalue weighted by atomic mass is 16.5. The molecule has 0 aromatic heterocycles. The van der Waals surface area contributed by atoms with Gasteiger partial charge in [0.1, 0.15) is 0 Å². The molecule has 1 N–H and O–H groups in total. The van der Waals surface area contributed by atoms with E-state index in [1.165, 1.54) is 6.42 Å². The van der Waals surface area contributed by atoms with Gasteiger partial charge in [-0.15, -0.1) is 0 Å². The lowest BCUT2D eigenvalue weighted by Crippen LogP contribution is -2.49. The van der Waals surface area contributed by atoms with E-state index in [0.717, 1.165) is 12.8 Å². The van der Waals surface area contributed by atoms with Gasteiger partial charge in [0.15, 0.2) is 0 Å². The Morgan fingerprint density at radius 3 is 2.25 bits per heavy atom. The summed E-state index contributed by atoms with van der Waals surface area (Å²) in [4.78, 5) is 0. The minimum absolute atomic E-state index is 0.376. The Kier molecular flexibility index (Phi) is 3.13. The van der Waals surface area contributed by atoms with E-state index in [1.807, 2.05) is 0 Å². The van der Waals surface area contributed by atoms with Crippen molar-refractivity contribution < 1.29 is 9.84 Å². The van der Waals surface area contributed by atoms with Crippen molar-refractivity contribution in [2.24, 2.45) is 11.8 Å². The molecule has 2 heteroatoms. The van der Waals surface area contributed by atoms with E-state index >= 15 is 0 Å². The predicted octanol–water partition coefficient (Wildman–Crippen LogP) is 1.82. The van der Waals surface area contributed by atoms with Crippen LogP contribution in [0.3, 0.4) is 0 Å². The van der Waals surface area contributed by atoms with Gasteiger partial charge in [-0.2, -0.15) is 0 Å². The maximum Gasteiger partial charge on any atom is 0.0930 e. The van der Waals surface area contributed by atoms with Crippen molar-refractivity contribution in [3.8, 4) is 0 Å². The summed E-state index contributed by atoms with van der Waals surface area (Å²) in [6.45, 7) is 4.72. The number of aliphatic hydroxyl groups is 1. The van der Waals surface area contributed by atoms with Crippen molar-refractivity contribution in [1.82, 2.24) is 0 Å². The normalized spacial score (nSPS) is 43.0. The summed E-state index contributed by atoms with van der Waals surface area (Å²) in [6, 6.07) is 0. The van der Waals surface area contributed by atoms with Crippen LogP contribution in [-0.4, -0.2) is 24.4 Å². The summed E-state index contributed by atoms with van der Waals surface area (Å²) in [6.07, 6.45) is 3.50. The van der Waals surface area contributed by atoms with Gasteiger partial charge >= 0.3 is 0 Å². The SMILES string of the molecule is COCC1(O)[C@H](C)CCC[C@@H]1C. The summed E-state index contributed by atoms with van der Waals surface area (Å²) >= 11 is 0. The highest BCUT2D eigenvalue weighted by Gasteiger charge is 2.41. The zero-order valence-electron chi connectivity index (χ0n) is 8.34. The zero-order chi connectivity index (χ0) is 9.19. The molecule has 0 amide bonds. The van der Waals surface area contributed by atoms with Crippen molar-refractivity contribution in [2.45, 2.75) is 38.7 Å². The molecule has 0 heterocycles. The molecule has 0 aromatic carbocycles. The molecule has 0 spiro atoms. The maximum absolute atomic E-state index is 10.3. The van der Waals surface area contributed by atoms with Crippen LogP contribution in [0.4, 0.5) is 0 Å². The Labute approximate surface area is 74.9 Å². The van der Waals surface area contributed by atoms with Crippen LogP contribution in [0.25, 0.3) is 0 Å². The van der Waals surface area contributed by atoms with Crippen LogP contribution in [-0.2, 0) is 4.74 Å². The summed E-state index contributed by atoms with van der Waals surface area (Å²) in [7, 11) is 1.66. The topological polar surface area (TPSA) is 29.5 Å². The van der Waals surface area contributed by atoms with Crippen molar-refractivity contribution >= 4 is 0 Å². The van der Waals surface area contributed by atoms with E-state index in [1.54, 1.807) is 7.11 Å². The first-order chi connectivity index (χ1) is 5.61. The van der Waals surface area contributed by atoms with Gasteiger partial charge in [0.25, 0.3) is 0 Å². The van der Waals surface area contributed by atoms with Crippen LogP contribution in [0.15, 0.2) is 0 Å². The fourth-order valence-corrected chi connectivity index (χ4v) is 2.23. The molecule has 72 valence electrons. The molecule has 2 nitrogen and oxygen atoms in total. The van der Waals surface area contributed by atoms with E-state index in [4.69, 9.17) is 4.74 Å². The summed E-state index contributed by atoms with van der Waals surface area (Å²) in [5.74, 6) is 0.752. The highest BCUT2D eigenvalue weighted by molar-refractivity contribution is 4.92. The summed E-state index contributed by atoms with van der Waals surface area (Å²) in [5.41, 5.74) is -0.576. The predicted molar refractivity (Wildman–Crippen MR) is 49.0 cm³/mol. The van der Waals surface area contributed by atoms with E-state index in [-0.39, 0.29) is 0 Å². The molecular formula is C10H20O2. The van der Waals surface area contributed by atoms with Crippen molar-refractivity contribution in [1.29, 1.82) is 0 Å². The molecule has 3 atom stereocenters. The Morgan fingerprint density at radius 2 is 1.83 bits per heavy atom. The summed E-state index contributed by atoms with van der Waals surface area (Å²) < 4.78 is 5.08. The van der Waals surface area contributed by atoms with E-state index in [2.05, 4.69) is 13.8 Å². The van der Waals surface area contributed by atoms with Gasteiger partial charge in [0.2, 0.25) is 0 Å². The first kappa shape index (κ1) is 10.0. The lowest BCUT2D eigenvalue weighted by Gasteiger charge is -2.42. The van der Waals surface area contributed by atoms with Crippen molar-refractivity contribution in [3.63, 3.8) is 0 Å². The molecule has 1 aliphatic carbocycles. The van der Waals surface area contributed by atoms with Crippen LogP contribution in [0.1, 0.15) is 33.1 Å². The molecule has 0 aliphatic heterocycles. The van der Waals surface area contributed by atoms with Crippen LogP contribution in [0.5, 0.6) is 0 Å². The van der Waals surface area contributed by atoms with E-state index in [9.17, 15) is 5.11 Å².